The Labute approximate surface area is 92.9 Å². The van der Waals surface area contributed by atoms with Crippen LogP contribution in [0.4, 0.5) is 0 Å². The number of aromatic carboxylic acids is 1. The lowest BCUT2D eigenvalue weighted by atomic mass is 9.81. The third kappa shape index (κ3) is 2.66. The van der Waals surface area contributed by atoms with E-state index >= 15 is 0 Å². The van der Waals surface area contributed by atoms with Gasteiger partial charge in [0, 0.05) is 12.6 Å². The van der Waals surface area contributed by atoms with E-state index in [0.29, 0.717) is 18.5 Å². The first kappa shape index (κ1) is 11.9. The number of halogens is 1. The SMILES string of the molecule is Cl.NC1CC(Cn2cc(C(=O)O)nn2)C1. The first-order valence-electron chi connectivity index (χ1n) is 4.54. The molecule has 0 amide bonds. The van der Waals surface area contributed by atoms with Crippen LogP contribution in [0.15, 0.2) is 6.20 Å². The summed E-state index contributed by atoms with van der Waals surface area (Å²) in [7, 11) is 0. The molecule has 84 valence electrons. The van der Waals surface area contributed by atoms with E-state index in [-0.39, 0.29) is 18.1 Å². The molecule has 1 aliphatic rings. The van der Waals surface area contributed by atoms with Crippen molar-refractivity contribution < 1.29 is 9.90 Å². The van der Waals surface area contributed by atoms with Gasteiger partial charge in [0.05, 0.1) is 6.20 Å². The highest BCUT2D eigenvalue weighted by atomic mass is 35.5. The largest absolute Gasteiger partial charge is 0.476 e. The summed E-state index contributed by atoms with van der Waals surface area (Å²) in [5.41, 5.74) is 5.63. The Morgan fingerprint density at radius 3 is 2.80 bits per heavy atom. The van der Waals surface area contributed by atoms with Gasteiger partial charge in [0.1, 0.15) is 0 Å². The lowest BCUT2D eigenvalue weighted by Crippen LogP contribution is -2.38. The van der Waals surface area contributed by atoms with Crippen molar-refractivity contribution in [3.05, 3.63) is 11.9 Å². The number of rotatable bonds is 3. The van der Waals surface area contributed by atoms with E-state index < -0.39 is 5.97 Å². The summed E-state index contributed by atoms with van der Waals surface area (Å²) >= 11 is 0. The Balaban J connectivity index is 0.00000112. The monoisotopic (exact) mass is 232 g/mol. The molecule has 15 heavy (non-hydrogen) atoms. The minimum Gasteiger partial charge on any atom is -0.476 e. The third-order valence-electron chi connectivity index (χ3n) is 2.48. The molecule has 2 rings (SSSR count). The molecule has 1 heterocycles. The zero-order valence-electron chi connectivity index (χ0n) is 8.04. The van der Waals surface area contributed by atoms with Crippen LogP contribution in [0.3, 0.4) is 0 Å². The quantitative estimate of drug-likeness (QED) is 0.773. The standard InChI is InChI=1S/C8H12N4O2.ClH/c9-6-1-5(2-6)3-12-4-7(8(13)14)10-11-12;/h4-6H,1-3,9H2,(H,13,14);1H. The molecule has 1 saturated carbocycles. The minimum absolute atomic E-state index is 0. The van der Waals surface area contributed by atoms with Gasteiger partial charge in [0.2, 0.25) is 0 Å². The molecule has 1 fully saturated rings. The molecule has 1 aliphatic carbocycles. The van der Waals surface area contributed by atoms with Gasteiger partial charge in [-0.25, -0.2) is 4.79 Å². The van der Waals surface area contributed by atoms with Gasteiger partial charge in [-0.3, -0.25) is 4.68 Å². The van der Waals surface area contributed by atoms with Crippen molar-refractivity contribution in [3.8, 4) is 0 Å². The number of carboxylic acid groups (broad SMARTS) is 1. The molecule has 0 radical (unpaired) electrons. The van der Waals surface area contributed by atoms with Crippen LogP contribution in [0.1, 0.15) is 23.3 Å². The zero-order chi connectivity index (χ0) is 10.1. The lowest BCUT2D eigenvalue weighted by molar-refractivity contribution is 0.0690. The van der Waals surface area contributed by atoms with Crippen LogP contribution in [-0.2, 0) is 6.54 Å². The van der Waals surface area contributed by atoms with Gasteiger partial charge in [-0.05, 0) is 18.8 Å². The smallest absolute Gasteiger partial charge is 0.358 e. The van der Waals surface area contributed by atoms with E-state index in [0.717, 1.165) is 12.8 Å². The number of nitrogens with zero attached hydrogens (tertiary/aromatic N) is 3. The van der Waals surface area contributed by atoms with Gasteiger partial charge < -0.3 is 10.8 Å². The Morgan fingerprint density at radius 2 is 2.33 bits per heavy atom. The van der Waals surface area contributed by atoms with E-state index in [2.05, 4.69) is 10.3 Å². The zero-order valence-corrected chi connectivity index (χ0v) is 8.85. The van der Waals surface area contributed by atoms with Gasteiger partial charge in [0.15, 0.2) is 5.69 Å². The average Bonchev–Trinajstić information content (AvgIpc) is 2.50. The van der Waals surface area contributed by atoms with Crippen LogP contribution >= 0.6 is 12.4 Å². The maximum Gasteiger partial charge on any atom is 0.358 e. The van der Waals surface area contributed by atoms with Gasteiger partial charge in [-0.1, -0.05) is 5.21 Å². The number of carbonyl (C=O) groups is 1. The fraction of sp³-hybridized carbons (Fsp3) is 0.625. The molecule has 0 saturated heterocycles. The summed E-state index contributed by atoms with van der Waals surface area (Å²) in [6, 6.07) is 0.308. The van der Waals surface area contributed by atoms with Gasteiger partial charge in [-0.15, -0.1) is 17.5 Å². The van der Waals surface area contributed by atoms with Crippen LogP contribution in [0.2, 0.25) is 0 Å². The van der Waals surface area contributed by atoms with E-state index in [1.54, 1.807) is 4.68 Å². The summed E-state index contributed by atoms with van der Waals surface area (Å²) in [5.74, 6) is -0.519. The Hall–Kier alpha value is -1.14. The van der Waals surface area contributed by atoms with Crippen LogP contribution in [-0.4, -0.2) is 32.1 Å². The summed E-state index contributed by atoms with van der Waals surface area (Å²) in [4.78, 5) is 10.5. The van der Waals surface area contributed by atoms with Crippen molar-refractivity contribution in [2.45, 2.75) is 25.4 Å². The summed E-state index contributed by atoms with van der Waals surface area (Å²) in [5, 5.41) is 15.9. The van der Waals surface area contributed by atoms with E-state index in [1.165, 1.54) is 6.20 Å². The molecule has 7 heteroatoms. The molecule has 0 spiro atoms. The maximum atomic E-state index is 10.5. The van der Waals surface area contributed by atoms with Crippen LogP contribution in [0.25, 0.3) is 0 Å². The molecule has 0 aliphatic heterocycles. The molecule has 0 unspecified atom stereocenters. The van der Waals surface area contributed by atoms with Crippen molar-refractivity contribution >= 4 is 18.4 Å². The minimum atomic E-state index is -1.04. The summed E-state index contributed by atoms with van der Waals surface area (Å²) in [6.07, 6.45) is 3.43. The first-order valence-corrected chi connectivity index (χ1v) is 4.54. The Kier molecular flexibility index (Phi) is 3.65. The molecule has 1 aromatic heterocycles. The summed E-state index contributed by atoms with van der Waals surface area (Å²) < 4.78 is 1.57. The van der Waals surface area contributed by atoms with E-state index in [4.69, 9.17) is 10.8 Å². The first-order chi connectivity index (χ1) is 6.65. The number of aromatic nitrogens is 3. The van der Waals surface area contributed by atoms with Gasteiger partial charge in [0.25, 0.3) is 0 Å². The predicted octanol–water partition coefficient (Wildman–Crippen LogP) is 0.135. The molecule has 6 nitrogen and oxygen atoms in total. The van der Waals surface area contributed by atoms with Crippen molar-refractivity contribution in [2.24, 2.45) is 11.7 Å². The second-order valence-corrected chi connectivity index (χ2v) is 3.73. The van der Waals surface area contributed by atoms with Crippen LogP contribution < -0.4 is 5.73 Å². The van der Waals surface area contributed by atoms with Crippen molar-refractivity contribution in [3.63, 3.8) is 0 Å². The Morgan fingerprint density at radius 1 is 1.67 bits per heavy atom. The molecule has 0 atom stereocenters. The molecular formula is C8H13ClN4O2. The Bertz CT molecular complexity index is 348. The molecular weight excluding hydrogens is 220 g/mol. The predicted molar refractivity (Wildman–Crippen MR) is 54.9 cm³/mol. The highest BCUT2D eigenvalue weighted by Gasteiger charge is 2.26. The second kappa shape index (κ2) is 4.59. The number of hydrogen-bond acceptors (Lipinski definition) is 4. The van der Waals surface area contributed by atoms with E-state index in [9.17, 15) is 4.79 Å². The number of hydrogen-bond donors (Lipinski definition) is 2. The molecule has 3 N–H and O–H groups in total. The second-order valence-electron chi connectivity index (χ2n) is 3.73. The van der Waals surface area contributed by atoms with Crippen molar-refractivity contribution in [1.29, 1.82) is 0 Å². The molecule has 0 bridgehead atoms. The maximum absolute atomic E-state index is 10.5. The average molecular weight is 233 g/mol. The fourth-order valence-electron chi connectivity index (χ4n) is 1.69. The normalized spacial score (nSPS) is 24.1. The number of nitrogens with two attached hydrogens (primary N) is 1. The van der Waals surface area contributed by atoms with Gasteiger partial charge in [-0.2, -0.15) is 0 Å². The highest BCUT2D eigenvalue weighted by Crippen LogP contribution is 2.26. The summed E-state index contributed by atoms with van der Waals surface area (Å²) in [6.45, 7) is 0.716. The van der Waals surface area contributed by atoms with Crippen molar-refractivity contribution in [2.75, 3.05) is 0 Å². The molecule has 1 aromatic rings. The third-order valence-corrected chi connectivity index (χ3v) is 2.48. The molecule has 0 aromatic carbocycles. The van der Waals surface area contributed by atoms with E-state index in [1.807, 2.05) is 0 Å². The topological polar surface area (TPSA) is 94.0 Å². The van der Waals surface area contributed by atoms with Crippen molar-refractivity contribution in [1.82, 2.24) is 15.0 Å². The fourth-order valence-corrected chi connectivity index (χ4v) is 1.69. The number of carboxylic acids is 1. The lowest BCUT2D eigenvalue weighted by Gasteiger charge is -2.31. The van der Waals surface area contributed by atoms with Crippen LogP contribution in [0, 0.1) is 5.92 Å². The highest BCUT2D eigenvalue weighted by molar-refractivity contribution is 5.85. The van der Waals surface area contributed by atoms with Gasteiger partial charge >= 0.3 is 5.97 Å². The van der Waals surface area contributed by atoms with Crippen LogP contribution in [0.5, 0.6) is 0 Å².